The minimum Gasteiger partial charge on any atom is -0.228 e. The molecule has 0 aliphatic heterocycles. The summed E-state index contributed by atoms with van der Waals surface area (Å²) in [6.07, 6.45) is -1.13. The summed E-state index contributed by atoms with van der Waals surface area (Å²) in [5.74, 6) is -0.943. The van der Waals surface area contributed by atoms with Crippen LogP contribution in [0.3, 0.4) is 0 Å². The second kappa shape index (κ2) is 5.20. The molecule has 0 N–H and O–H groups in total. The highest BCUT2D eigenvalue weighted by molar-refractivity contribution is 6.35. The van der Waals surface area contributed by atoms with Crippen LogP contribution in [0.25, 0.3) is 22.2 Å². The van der Waals surface area contributed by atoms with Crippen LogP contribution >= 0.6 is 11.6 Å². The fraction of sp³-hybridized carbons (Fsp3) is 0.235. The van der Waals surface area contributed by atoms with Gasteiger partial charge in [-0.2, -0.15) is 18.3 Å². The lowest BCUT2D eigenvalue weighted by Gasteiger charge is -2.09. The van der Waals surface area contributed by atoms with Gasteiger partial charge in [-0.15, -0.1) is 5.10 Å². The Balaban J connectivity index is 1.83. The van der Waals surface area contributed by atoms with E-state index >= 15 is 0 Å². The highest BCUT2D eigenvalue weighted by Crippen LogP contribution is 2.41. The third-order valence-electron chi connectivity index (χ3n) is 4.51. The molecule has 0 amide bonds. The van der Waals surface area contributed by atoms with Crippen molar-refractivity contribution in [2.45, 2.75) is 24.9 Å². The van der Waals surface area contributed by atoms with E-state index in [1.165, 1.54) is 9.20 Å². The van der Waals surface area contributed by atoms with Gasteiger partial charge in [-0.3, -0.25) is 0 Å². The molecule has 5 nitrogen and oxygen atoms in total. The molecule has 0 radical (unpaired) electrons. The van der Waals surface area contributed by atoms with E-state index in [-0.39, 0.29) is 11.6 Å². The minimum absolute atomic E-state index is 0.117. The van der Waals surface area contributed by atoms with Crippen molar-refractivity contribution < 1.29 is 13.2 Å². The zero-order valence-electron chi connectivity index (χ0n) is 13.2. The van der Waals surface area contributed by atoms with E-state index in [4.69, 9.17) is 11.6 Å². The van der Waals surface area contributed by atoms with Crippen molar-refractivity contribution in [3.63, 3.8) is 0 Å². The van der Waals surface area contributed by atoms with Crippen LogP contribution < -0.4 is 0 Å². The fourth-order valence-electron chi connectivity index (χ4n) is 3.16. The Morgan fingerprint density at radius 2 is 1.92 bits per heavy atom. The molecule has 4 aromatic rings. The predicted molar refractivity (Wildman–Crippen MR) is 89.6 cm³/mol. The van der Waals surface area contributed by atoms with Gasteiger partial charge in [0.1, 0.15) is 5.69 Å². The quantitative estimate of drug-likeness (QED) is 0.512. The van der Waals surface area contributed by atoms with Crippen molar-refractivity contribution in [2.75, 3.05) is 0 Å². The first-order chi connectivity index (χ1) is 12.4. The molecule has 1 aliphatic rings. The highest BCUT2D eigenvalue weighted by atomic mass is 35.5. The van der Waals surface area contributed by atoms with Crippen LogP contribution in [0.2, 0.25) is 5.02 Å². The van der Waals surface area contributed by atoms with Crippen LogP contribution in [0.15, 0.2) is 36.5 Å². The van der Waals surface area contributed by atoms with Crippen LogP contribution in [0.4, 0.5) is 13.2 Å². The van der Waals surface area contributed by atoms with Crippen molar-refractivity contribution >= 4 is 28.2 Å². The Morgan fingerprint density at radius 3 is 2.65 bits per heavy atom. The molecule has 0 unspecified atom stereocenters. The number of rotatable bonds is 2. The maximum atomic E-state index is 13.2. The average Bonchev–Trinajstić information content (AvgIpc) is 3.16. The molecule has 1 fully saturated rings. The van der Waals surface area contributed by atoms with E-state index in [0.717, 1.165) is 23.9 Å². The lowest BCUT2D eigenvalue weighted by atomic mass is 10.2. The van der Waals surface area contributed by atoms with Gasteiger partial charge in [-0.25, -0.2) is 14.2 Å². The third-order valence-corrected chi connectivity index (χ3v) is 4.82. The van der Waals surface area contributed by atoms with Crippen molar-refractivity contribution in [3.05, 3.63) is 53.1 Å². The topological polar surface area (TPSA) is 48.0 Å². The molecule has 5 rings (SSSR count). The molecule has 1 aromatic carbocycles. The van der Waals surface area contributed by atoms with Crippen molar-refractivity contribution in [1.82, 2.24) is 24.4 Å². The second-order valence-electron chi connectivity index (χ2n) is 6.32. The fourth-order valence-corrected chi connectivity index (χ4v) is 3.42. The van der Waals surface area contributed by atoms with Gasteiger partial charge in [0.15, 0.2) is 5.65 Å². The van der Waals surface area contributed by atoms with Gasteiger partial charge in [0.25, 0.3) is 5.82 Å². The summed E-state index contributed by atoms with van der Waals surface area (Å²) in [4.78, 5) is 3.77. The highest BCUT2D eigenvalue weighted by Gasteiger charge is 2.38. The van der Waals surface area contributed by atoms with Gasteiger partial charge in [-0.05, 0) is 31.0 Å². The zero-order valence-corrected chi connectivity index (χ0v) is 14.0. The Labute approximate surface area is 150 Å². The van der Waals surface area contributed by atoms with Crippen molar-refractivity contribution in [3.8, 4) is 5.69 Å². The van der Waals surface area contributed by atoms with Gasteiger partial charge in [0.2, 0.25) is 0 Å². The zero-order chi connectivity index (χ0) is 18.1. The molecule has 3 aromatic heterocycles. The average molecular weight is 378 g/mol. The van der Waals surface area contributed by atoms with Crippen LogP contribution in [0, 0.1) is 0 Å². The molecule has 1 aliphatic carbocycles. The van der Waals surface area contributed by atoms with Crippen molar-refractivity contribution in [2.24, 2.45) is 0 Å². The largest absolute Gasteiger partial charge is 0.453 e. The molecule has 0 atom stereocenters. The van der Waals surface area contributed by atoms with E-state index < -0.39 is 12.0 Å². The molecule has 9 heteroatoms. The first-order valence-corrected chi connectivity index (χ1v) is 8.41. The molecule has 3 heterocycles. The summed E-state index contributed by atoms with van der Waals surface area (Å²) >= 11 is 6.29. The van der Waals surface area contributed by atoms with E-state index in [1.807, 2.05) is 6.07 Å². The van der Waals surface area contributed by atoms with E-state index in [0.29, 0.717) is 16.2 Å². The summed E-state index contributed by atoms with van der Waals surface area (Å²) in [5.41, 5.74) is 1.87. The standard InChI is InChI=1S/C17H11ClF3N5/c18-11-3-1-2-10-8-22-25(14(10)11)13-7-6-12(9-4-5-9)26-15(13)23-16(24-26)17(19,20)21/h1-3,6-9H,4-5H2. The van der Waals surface area contributed by atoms with Gasteiger partial charge in [0.05, 0.1) is 16.7 Å². The summed E-state index contributed by atoms with van der Waals surface area (Å²) in [6.45, 7) is 0. The third kappa shape index (κ3) is 2.28. The van der Waals surface area contributed by atoms with Crippen LogP contribution in [-0.4, -0.2) is 24.4 Å². The van der Waals surface area contributed by atoms with Gasteiger partial charge in [-0.1, -0.05) is 23.7 Å². The van der Waals surface area contributed by atoms with E-state index in [1.54, 1.807) is 30.5 Å². The SMILES string of the molecule is FC(F)(F)c1nc2c(-n3ncc4cccc(Cl)c43)ccc(C3CC3)n2n1. The van der Waals surface area contributed by atoms with Gasteiger partial charge in [0, 0.05) is 17.0 Å². The molecular weight excluding hydrogens is 367 g/mol. The first-order valence-electron chi connectivity index (χ1n) is 8.03. The van der Waals surface area contributed by atoms with Crippen LogP contribution in [0.5, 0.6) is 0 Å². The second-order valence-corrected chi connectivity index (χ2v) is 6.73. The van der Waals surface area contributed by atoms with Crippen LogP contribution in [0.1, 0.15) is 30.3 Å². The first kappa shape index (κ1) is 15.6. The van der Waals surface area contributed by atoms with Crippen molar-refractivity contribution in [1.29, 1.82) is 0 Å². The number of nitrogens with zero attached hydrogens (tertiary/aromatic N) is 5. The number of aromatic nitrogens is 5. The number of hydrogen-bond acceptors (Lipinski definition) is 3. The Hall–Kier alpha value is -2.61. The van der Waals surface area contributed by atoms with Gasteiger partial charge < -0.3 is 0 Å². The molecule has 0 bridgehead atoms. The van der Waals surface area contributed by atoms with E-state index in [9.17, 15) is 13.2 Å². The molecule has 26 heavy (non-hydrogen) atoms. The molecule has 0 saturated heterocycles. The Morgan fingerprint density at radius 1 is 1.12 bits per heavy atom. The number of benzene rings is 1. The van der Waals surface area contributed by atoms with Crippen LogP contribution in [-0.2, 0) is 6.18 Å². The number of para-hydroxylation sites is 1. The summed E-state index contributed by atoms with van der Waals surface area (Å²) in [5, 5.41) is 9.28. The lowest BCUT2D eigenvalue weighted by molar-refractivity contribution is -0.144. The summed E-state index contributed by atoms with van der Waals surface area (Å²) in [7, 11) is 0. The monoisotopic (exact) mass is 377 g/mol. The number of hydrogen-bond donors (Lipinski definition) is 0. The smallest absolute Gasteiger partial charge is 0.228 e. The number of fused-ring (bicyclic) bond motifs is 2. The number of alkyl halides is 3. The lowest BCUT2D eigenvalue weighted by Crippen LogP contribution is -2.08. The number of pyridine rings is 1. The van der Waals surface area contributed by atoms with Gasteiger partial charge >= 0.3 is 6.18 Å². The Bertz CT molecular complexity index is 1160. The minimum atomic E-state index is -4.62. The predicted octanol–water partition coefficient (Wildman–Crippen LogP) is 4.62. The number of halogens is 4. The molecular formula is C17H11ClF3N5. The maximum absolute atomic E-state index is 13.2. The molecule has 0 spiro atoms. The maximum Gasteiger partial charge on any atom is 0.453 e. The van der Waals surface area contributed by atoms with E-state index in [2.05, 4.69) is 15.2 Å². The normalized spacial score (nSPS) is 15.2. The summed E-state index contributed by atoms with van der Waals surface area (Å²) < 4.78 is 42.4. The molecule has 1 saturated carbocycles. The molecule has 132 valence electrons. The Kier molecular flexibility index (Phi) is 3.13. The summed E-state index contributed by atoms with van der Waals surface area (Å²) in [6, 6.07) is 8.86.